The third kappa shape index (κ3) is 3.08. The predicted octanol–water partition coefficient (Wildman–Crippen LogP) is 3.28. The van der Waals surface area contributed by atoms with E-state index in [0.717, 1.165) is 11.8 Å². The molecule has 0 aromatic heterocycles. The number of hydrogen-bond donors (Lipinski definition) is 1. The molecule has 1 unspecified atom stereocenters. The molecule has 0 radical (unpaired) electrons. The van der Waals surface area contributed by atoms with Crippen molar-refractivity contribution in [3.8, 4) is 0 Å². The van der Waals surface area contributed by atoms with Gasteiger partial charge in [-0.05, 0) is 71.5 Å². The van der Waals surface area contributed by atoms with Gasteiger partial charge < -0.3 is 10.2 Å². The van der Waals surface area contributed by atoms with Crippen LogP contribution in [0.5, 0.6) is 0 Å². The lowest BCUT2D eigenvalue weighted by Crippen LogP contribution is -2.59. The fourth-order valence-corrected chi connectivity index (χ4v) is 3.86. The largest absolute Gasteiger partial charge is 0.315 e. The van der Waals surface area contributed by atoms with Gasteiger partial charge in [0, 0.05) is 11.6 Å². The monoisotopic (exact) mass is 252 g/mol. The molecule has 0 aromatic carbocycles. The van der Waals surface area contributed by atoms with E-state index < -0.39 is 0 Å². The van der Waals surface area contributed by atoms with Crippen LogP contribution >= 0.6 is 0 Å². The van der Waals surface area contributed by atoms with E-state index in [-0.39, 0.29) is 0 Å². The third-order valence-corrected chi connectivity index (χ3v) is 5.59. The van der Waals surface area contributed by atoms with Crippen LogP contribution in [0.15, 0.2) is 0 Å². The van der Waals surface area contributed by atoms with E-state index in [0.29, 0.717) is 11.6 Å². The molecule has 0 bridgehead atoms. The number of likely N-dealkylation sites (N-methyl/N-ethyl adjacent to an activating group) is 2. The first-order valence-corrected chi connectivity index (χ1v) is 7.93. The van der Waals surface area contributed by atoms with E-state index in [9.17, 15) is 0 Å². The van der Waals surface area contributed by atoms with Crippen LogP contribution in [-0.4, -0.2) is 37.6 Å². The molecule has 0 amide bonds. The summed E-state index contributed by atoms with van der Waals surface area (Å²) in [5, 5.41) is 3.65. The summed E-state index contributed by atoms with van der Waals surface area (Å²) in [6.07, 6.45) is 11.3. The van der Waals surface area contributed by atoms with Crippen molar-refractivity contribution < 1.29 is 0 Å². The van der Waals surface area contributed by atoms with Crippen molar-refractivity contribution >= 4 is 0 Å². The van der Waals surface area contributed by atoms with E-state index in [1.165, 1.54) is 51.4 Å². The molecule has 1 N–H and O–H groups in total. The highest BCUT2D eigenvalue weighted by Crippen LogP contribution is 2.41. The van der Waals surface area contributed by atoms with Crippen molar-refractivity contribution in [2.75, 3.05) is 21.1 Å². The lowest BCUT2D eigenvalue weighted by atomic mass is 9.71. The zero-order valence-corrected chi connectivity index (χ0v) is 12.8. The topological polar surface area (TPSA) is 15.3 Å². The fraction of sp³-hybridized carbons (Fsp3) is 1.00. The van der Waals surface area contributed by atoms with Gasteiger partial charge in [-0.25, -0.2) is 0 Å². The molecule has 2 aliphatic carbocycles. The Hall–Kier alpha value is -0.0800. The predicted molar refractivity (Wildman–Crippen MR) is 78.9 cm³/mol. The van der Waals surface area contributed by atoms with Crippen LogP contribution in [0.25, 0.3) is 0 Å². The summed E-state index contributed by atoms with van der Waals surface area (Å²) in [7, 11) is 6.75. The summed E-state index contributed by atoms with van der Waals surface area (Å²) >= 11 is 0. The second-order valence-electron chi connectivity index (χ2n) is 7.04. The Kier molecular flexibility index (Phi) is 4.71. The summed E-state index contributed by atoms with van der Waals surface area (Å²) in [4.78, 5) is 2.52. The normalized spacial score (nSPS) is 34.8. The van der Waals surface area contributed by atoms with Crippen LogP contribution in [-0.2, 0) is 0 Å². The van der Waals surface area contributed by atoms with Crippen LogP contribution < -0.4 is 5.32 Å². The molecule has 2 nitrogen and oxygen atoms in total. The van der Waals surface area contributed by atoms with Crippen LogP contribution in [0, 0.1) is 11.8 Å². The van der Waals surface area contributed by atoms with Gasteiger partial charge in [-0.3, -0.25) is 0 Å². The van der Waals surface area contributed by atoms with Gasteiger partial charge in [-0.2, -0.15) is 0 Å². The maximum absolute atomic E-state index is 3.65. The molecule has 2 fully saturated rings. The number of nitrogens with one attached hydrogen (secondary N) is 1. The summed E-state index contributed by atoms with van der Waals surface area (Å²) in [6.45, 7) is 2.41. The standard InChI is InChI=1S/C16H32N2/c1-13-9-11-16(12-10-13,18(3)4)15(17-2)8-7-14-5-6-14/h13-15,17H,5-12H2,1-4H3. The molecule has 0 aliphatic heterocycles. The zero-order valence-electron chi connectivity index (χ0n) is 12.8. The molecule has 106 valence electrons. The van der Waals surface area contributed by atoms with Crippen molar-refractivity contribution in [3.05, 3.63) is 0 Å². The van der Waals surface area contributed by atoms with Gasteiger partial charge in [-0.1, -0.05) is 19.8 Å². The van der Waals surface area contributed by atoms with Crippen molar-refractivity contribution in [2.45, 2.75) is 69.9 Å². The summed E-state index contributed by atoms with van der Waals surface area (Å²) in [5.74, 6) is 1.99. The van der Waals surface area contributed by atoms with Crippen LogP contribution in [0.4, 0.5) is 0 Å². The maximum atomic E-state index is 3.65. The highest BCUT2D eigenvalue weighted by Gasteiger charge is 2.42. The molecule has 1 atom stereocenters. The van der Waals surface area contributed by atoms with Gasteiger partial charge in [0.15, 0.2) is 0 Å². The molecule has 0 saturated heterocycles. The summed E-state index contributed by atoms with van der Waals surface area (Å²) in [6, 6.07) is 0.681. The number of rotatable bonds is 6. The fourth-order valence-electron chi connectivity index (χ4n) is 3.86. The van der Waals surface area contributed by atoms with E-state index in [1.54, 1.807) is 0 Å². The second kappa shape index (κ2) is 5.92. The van der Waals surface area contributed by atoms with Gasteiger partial charge in [0.25, 0.3) is 0 Å². The highest BCUT2D eigenvalue weighted by molar-refractivity contribution is 5.01. The molecule has 0 spiro atoms. The Morgan fingerprint density at radius 2 is 1.78 bits per heavy atom. The van der Waals surface area contributed by atoms with Gasteiger partial charge in [-0.15, -0.1) is 0 Å². The van der Waals surface area contributed by atoms with E-state index in [4.69, 9.17) is 0 Å². The van der Waals surface area contributed by atoms with Crippen molar-refractivity contribution in [3.63, 3.8) is 0 Å². The molecule has 2 rings (SSSR count). The first kappa shape index (κ1) is 14.3. The molecule has 2 saturated carbocycles. The Morgan fingerprint density at radius 3 is 2.22 bits per heavy atom. The maximum Gasteiger partial charge on any atom is 0.0356 e. The van der Waals surface area contributed by atoms with Crippen LogP contribution in [0.3, 0.4) is 0 Å². The van der Waals surface area contributed by atoms with Gasteiger partial charge in [0.1, 0.15) is 0 Å². The second-order valence-corrected chi connectivity index (χ2v) is 7.04. The number of hydrogen-bond acceptors (Lipinski definition) is 2. The number of nitrogens with zero attached hydrogens (tertiary/aromatic N) is 1. The lowest BCUT2D eigenvalue weighted by Gasteiger charge is -2.50. The average molecular weight is 252 g/mol. The van der Waals surface area contributed by atoms with Gasteiger partial charge >= 0.3 is 0 Å². The lowest BCUT2D eigenvalue weighted by molar-refractivity contribution is 0.0418. The van der Waals surface area contributed by atoms with E-state index >= 15 is 0 Å². The van der Waals surface area contributed by atoms with Gasteiger partial charge in [0.05, 0.1) is 0 Å². The minimum Gasteiger partial charge on any atom is -0.315 e. The Balaban J connectivity index is 2.00. The molecule has 2 aliphatic rings. The zero-order chi connectivity index (χ0) is 13.2. The summed E-state index contributed by atoms with van der Waals surface area (Å²) < 4.78 is 0. The highest BCUT2D eigenvalue weighted by atomic mass is 15.2. The van der Waals surface area contributed by atoms with Crippen molar-refractivity contribution in [2.24, 2.45) is 11.8 Å². The minimum absolute atomic E-state index is 0.413. The molecule has 18 heavy (non-hydrogen) atoms. The molecule has 0 heterocycles. The Bertz CT molecular complexity index is 250. The first-order valence-electron chi connectivity index (χ1n) is 7.93. The Morgan fingerprint density at radius 1 is 1.17 bits per heavy atom. The Labute approximate surface area is 114 Å². The SMILES string of the molecule is CNC(CCC1CC1)C1(N(C)C)CCC(C)CC1. The molecular formula is C16H32N2. The van der Waals surface area contributed by atoms with Gasteiger partial charge in [0.2, 0.25) is 0 Å². The summed E-state index contributed by atoms with van der Waals surface area (Å²) in [5.41, 5.74) is 0.413. The van der Waals surface area contributed by atoms with Crippen molar-refractivity contribution in [1.29, 1.82) is 0 Å². The smallest absolute Gasteiger partial charge is 0.0356 e. The van der Waals surface area contributed by atoms with Crippen LogP contribution in [0.2, 0.25) is 0 Å². The van der Waals surface area contributed by atoms with Crippen LogP contribution in [0.1, 0.15) is 58.3 Å². The van der Waals surface area contributed by atoms with E-state index in [2.05, 4.69) is 38.3 Å². The first-order chi connectivity index (χ1) is 8.58. The quantitative estimate of drug-likeness (QED) is 0.780. The molecule has 0 aromatic rings. The average Bonchev–Trinajstić information content (AvgIpc) is 3.16. The third-order valence-electron chi connectivity index (χ3n) is 5.59. The van der Waals surface area contributed by atoms with E-state index in [1.807, 2.05) is 0 Å². The molecular weight excluding hydrogens is 220 g/mol. The minimum atomic E-state index is 0.413. The van der Waals surface area contributed by atoms with Crippen molar-refractivity contribution in [1.82, 2.24) is 10.2 Å². The molecule has 2 heteroatoms.